The lowest BCUT2D eigenvalue weighted by atomic mass is 10.2. The Balaban J connectivity index is 3.36. The van der Waals surface area contributed by atoms with Crippen molar-refractivity contribution in [3.8, 4) is 0 Å². The van der Waals surface area contributed by atoms with Gasteiger partial charge in [0.2, 0.25) is 5.91 Å². The van der Waals surface area contributed by atoms with E-state index in [2.05, 4.69) is 5.32 Å². The maximum atomic E-state index is 10.9. The van der Waals surface area contributed by atoms with Crippen LogP contribution in [0.3, 0.4) is 0 Å². The molecule has 3 nitrogen and oxygen atoms in total. The fourth-order valence-electron chi connectivity index (χ4n) is 0.580. The highest BCUT2D eigenvalue weighted by Gasteiger charge is 2.10. The molecule has 0 heterocycles. The second kappa shape index (κ2) is 6.49. The van der Waals surface area contributed by atoms with Crippen LogP contribution in [-0.2, 0) is 4.79 Å². The number of aliphatic hydroxyl groups is 1. The molecule has 11 heavy (non-hydrogen) atoms. The average Bonchev–Trinajstić information content (AvgIpc) is 2.03. The molecule has 1 atom stereocenters. The van der Waals surface area contributed by atoms with Crippen LogP contribution in [0.2, 0.25) is 0 Å². The van der Waals surface area contributed by atoms with E-state index in [0.29, 0.717) is 13.0 Å². The summed E-state index contributed by atoms with van der Waals surface area (Å²) in [5.74, 6) is 0.629. The minimum absolute atomic E-state index is 0.262. The lowest BCUT2D eigenvalue weighted by molar-refractivity contribution is -0.129. The van der Waals surface area contributed by atoms with Crippen LogP contribution >= 0.6 is 11.8 Å². The highest BCUT2D eigenvalue weighted by molar-refractivity contribution is 7.98. The van der Waals surface area contributed by atoms with E-state index in [1.807, 2.05) is 6.26 Å². The Kier molecular flexibility index (Phi) is 6.36. The molecule has 0 aromatic rings. The van der Waals surface area contributed by atoms with Crippen molar-refractivity contribution in [2.24, 2.45) is 0 Å². The molecule has 0 saturated heterocycles. The van der Waals surface area contributed by atoms with Crippen LogP contribution in [0, 0.1) is 0 Å². The topological polar surface area (TPSA) is 49.3 Å². The minimum atomic E-state index is -0.836. The van der Waals surface area contributed by atoms with Gasteiger partial charge in [-0.05, 0) is 12.7 Å². The van der Waals surface area contributed by atoms with E-state index in [1.165, 1.54) is 0 Å². The molecule has 0 fully saturated rings. The number of carbonyl (C=O) groups excluding carboxylic acids is 1. The third-order valence-electron chi connectivity index (χ3n) is 1.29. The lowest BCUT2D eigenvalue weighted by Crippen LogP contribution is -2.35. The first kappa shape index (κ1) is 10.8. The van der Waals surface area contributed by atoms with E-state index >= 15 is 0 Å². The van der Waals surface area contributed by atoms with E-state index in [9.17, 15) is 4.79 Å². The second-order valence-corrected chi connectivity index (χ2v) is 3.19. The summed E-state index contributed by atoms with van der Waals surface area (Å²) in [5.41, 5.74) is 0. The molecule has 2 N–H and O–H groups in total. The molecule has 0 aliphatic carbocycles. The molecule has 0 bridgehead atoms. The van der Waals surface area contributed by atoms with Crippen molar-refractivity contribution in [1.82, 2.24) is 5.32 Å². The van der Waals surface area contributed by atoms with E-state index in [-0.39, 0.29) is 5.91 Å². The first-order valence-electron chi connectivity index (χ1n) is 3.67. The number of hydrogen-bond donors (Lipinski definition) is 2. The molecule has 0 unspecified atom stereocenters. The largest absolute Gasteiger partial charge is 0.383 e. The van der Waals surface area contributed by atoms with Gasteiger partial charge in [-0.25, -0.2) is 0 Å². The van der Waals surface area contributed by atoms with Gasteiger partial charge in [-0.1, -0.05) is 6.92 Å². The zero-order valence-corrected chi connectivity index (χ0v) is 7.78. The normalized spacial score (nSPS) is 12.6. The van der Waals surface area contributed by atoms with Crippen molar-refractivity contribution in [2.75, 3.05) is 18.6 Å². The van der Waals surface area contributed by atoms with Gasteiger partial charge < -0.3 is 10.4 Å². The van der Waals surface area contributed by atoms with Crippen LogP contribution < -0.4 is 5.32 Å². The summed E-state index contributed by atoms with van der Waals surface area (Å²) in [6, 6.07) is 0. The molecule has 0 spiro atoms. The smallest absolute Gasteiger partial charge is 0.248 e. The molecule has 4 heteroatoms. The molecule has 1 amide bonds. The van der Waals surface area contributed by atoms with Crippen molar-refractivity contribution in [2.45, 2.75) is 19.4 Å². The highest BCUT2D eigenvalue weighted by Crippen LogP contribution is 1.91. The van der Waals surface area contributed by atoms with Gasteiger partial charge in [0.25, 0.3) is 0 Å². The third kappa shape index (κ3) is 5.09. The molecule has 0 aromatic carbocycles. The van der Waals surface area contributed by atoms with Gasteiger partial charge in [0.1, 0.15) is 6.10 Å². The van der Waals surface area contributed by atoms with Gasteiger partial charge in [-0.2, -0.15) is 11.8 Å². The number of aliphatic hydroxyl groups excluding tert-OH is 1. The molecule has 0 saturated carbocycles. The van der Waals surface area contributed by atoms with Crippen LogP contribution in [0.5, 0.6) is 0 Å². The SMILES string of the molecule is CC[C@@H](O)C(=O)NCCSC. The standard InChI is InChI=1S/C7H15NO2S/c1-3-6(9)7(10)8-4-5-11-2/h6,9H,3-5H2,1-2H3,(H,8,10)/t6-/m1/s1. The predicted molar refractivity (Wildman–Crippen MR) is 47.7 cm³/mol. The van der Waals surface area contributed by atoms with E-state index < -0.39 is 6.10 Å². The maximum Gasteiger partial charge on any atom is 0.248 e. The predicted octanol–water partition coefficient (Wildman–Crippen LogP) is 0.236. The Morgan fingerprint density at radius 2 is 2.36 bits per heavy atom. The molecular weight excluding hydrogens is 162 g/mol. The quantitative estimate of drug-likeness (QED) is 0.591. The zero-order chi connectivity index (χ0) is 8.69. The first-order valence-corrected chi connectivity index (χ1v) is 5.06. The Labute approximate surface area is 71.6 Å². The highest BCUT2D eigenvalue weighted by atomic mass is 32.2. The summed E-state index contributed by atoms with van der Waals surface area (Å²) in [7, 11) is 0. The van der Waals surface area contributed by atoms with Gasteiger partial charge >= 0.3 is 0 Å². The number of rotatable bonds is 5. The van der Waals surface area contributed by atoms with Crippen molar-refractivity contribution in [3.05, 3.63) is 0 Å². The van der Waals surface area contributed by atoms with Crippen molar-refractivity contribution < 1.29 is 9.90 Å². The van der Waals surface area contributed by atoms with Gasteiger partial charge in [-0.3, -0.25) is 4.79 Å². The molecule has 0 radical (unpaired) electrons. The molecule has 66 valence electrons. The second-order valence-electron chi connectivity index (χ2n) is 2.21. The van der Waals surface area contributed by atoms with Crippen molar-refractivity contribution in [3.63, 3.8) is 0 Å². The summed E-state index contributed by atoms with van der Waals surface area (Å²) >= 11 is 1.67. The molecule has 0 rings (SSSR count). The maximum absolute atomic E-state index is 10.9. The summed E-state index contributed by atoms with van der Waals surface area (Å²) in [4.78, 5) is 10.9. The van der Waals surface area contributed by atoms with E-state index in [0.717, 1.165) is 5.75 Å². The summed E-state index contributed by atoms with van der Waals surface area (Å²) < 4.78 is 0. The van der Waals surface area contributed by atoms with Crippen LogP contribution in [-0.4, -0.2) is 35.7 Å². The van der Waals surface area contributed by atoms with Crippen LogP contribution in [0.15, 0.2) is 0 Å². The summed E-state index contributed by atoms with van der Waals surface area (Å²) in [6.07, 6.45) is 1.62. The fraction of sp³-hybridized carbons (Fsp3) is 0.857. The summed E-state index contributed by atoms with van der Waals surface area (Å²) in [5, 5.41) is 11.6. The van der Waals surface area contributed by atoms with Crippen molar-refractivity contribution >= 4 is 17.7 Å². The van der Waals surface area contributed by atoms with Crippen LogP contribution in [0.4, 0.5) is 0 Å². The number of thioether (sulfide) groups is 1. The minimum Gasteiger partial charge on any atom is -0.383 e. The third-order valence-corrected chi connectivity index (χ3v) is 1.91. The molecule has 0 aliphatic rings. The van der Waals surface area contributed by atoms with Gasteiger partial charge in [0, 0.05) is 12.3 Å². The Bertz CT molecular complexity index is 119. The average molecular weight is 177 g/mol. The lowest BCUT2D eigenvalue weighted by Gasteiger charge is -2.07. The van der Waals surface area contributed by atoms with E-state index in [4.69, 9.17) is 5.11 Å². The number of hydrogen-bond acceptors (Lipinski definition) is 3. The Morgan fingerprint density at radius 1 is 1.73 bits per heavy atom. The Hall–Kier alpha value is -0.220. The molecule has 0 aromatic heterocycles. The van der Waals surface area contributed by atoms with E-state index in [1.54, 1.807) is 18.7 Å². The van der Waals surface area contributed by atoms with Crippen LogP contribution in [0.1, 0.15) is 13.3 Å². The molecular formula is C7H15NO2S. The number of nitrogens with one attached hydrogen (secondary N) is 1. The summed E-state index contributed by atoms with van der Waals surface area (Å²) in [6.45, 7) is 2.41. The molecule has 0 aliphatic heterocycles. The Morgan fingerprint density at radius 3 is 2.82 bits per heavy atom. The van der Waals surface area contributed by atoms with Gasteiger partial charge in [-0.15, -0.1) is 0 Å². The first-order chi connectivity index (χ1) is 5.22. The zero-order valence-electron chi connectivity index (χ0n) is 6.96. The number of amides is 1. The monoisotopic (exact) mass is 177 g/mol. The van der Waals surface area contributed by atoms with Gasteiger partial charge in [0.15, 0.2) is 0 Å². The fourth-order valence-corrected chi connectivity index (χ4v) is 0.886. The van der Waals surface area contributed by atoms with Crippen LogP contribution in [0.25, 0.3) is 0 Å². The number of carbonyl (C=O) groups is 1. The van der Waals surface area contributed by atoms with Crippen molar-refractivity contribution in [1.29, 1.82) is 0 Å². The van der Waals surface area contributed by atoms with Gasteiger partial charge in [0.05, 0.1) is 0 Å².